The number of aromatic nitrogens is 1. The van der Waals surface area contributed by atoms with Gasteiger partial charge in [-0.3, -0.25) is 19.5 Å². The Bertz CT molecular complexity index is 1220. The van der Waals surface area contributed by atoms with Crippen LogP contribution < -0.4 is 15.8 Å². The molecule has 0 spiro atoms. The number of ether oxygens (including phenoxy) is 1. The van der Waals surface area contributed by atoms with Crippen LogP contribution in [0.5, 0.6) is 5.75 Å². The molecule has 1 saturated heterocycles. The van der Waals surface area contributed by atoms with Gasteiger partial charge in [0.2, 0.25) is 5.72 Å². The fraction of sp³-hybridized carbons (Fsp3) is 0.370. The average molecular weight is 492 g/mol. The highest BCUT2D eigenvalue weighted by Gasteiger charge is 2.42. The summed E-state index contributed by atoms with van der Waals surface area (Å²) in [5, 5.41) is 14.7. The lowest BCUT2D eigenvalue weighted by Crippen LogP contribution is -2.66. The van der Waals surface area contributed by atoms with Gasteiger partial charge in [-0.1, -0.05) is 25.1 Å². The van der Waals surface area contributed by atoms with Crippen molar-refractivity contribution in [3.05, 3.63) is 71.4 Å². The highest BCUT2D eigenvalue weighted by atomic mass is 16.5. The summed E-state index contributed by atoms with van der Waals surface area (Å²) in [6, 6.07) is 16.7. The van der Waals surface area contributed by atoms with E-state index >= 15 is 0 Å². The molecule has 2 amide bonds. The number of carbonyl (C=O) groups is 2. The predicted molar refractivity (Wildman–Crippen MR) is 137 cm³/mol. The number of nitrogens with zero attached hydrogens (tertiary/aromatic N) is 3. The summed E-state index contributed by atoms with van der Waals surface area (Å²) in [6.45, 7) is 7.41. The Morgan fingerprint density at radius 1 is 1.11 bits per heavy atom. The van der Waals surface area contributed by atoms with E-state index in [9.17, 15) is 14.7 Å². The second kappa shape index (κ2) is 11.0. The highest BCUT2D eigenvalue weighted by Crippen LogP contribution is 2.21. The summed E-state index contributed by atoms with van der Waals surface area (Å²) in [7, 11) is 0. The van der Waals surface area contributed by atoms with Gasteiger partial charge in [0.1, 0.15) is 12.4 Å². The van der Waals surface area contributed by atoms with Crippen molar-refractivity contribution >= 4 is 22.7 Å². The van der Waals surface area contributed by atoms with Crippen LogP contribution >= 0.6 is 0 Å². The van der Waals surface area contributed by atoms with Gasteiger partial charge in [-0.15, -0.1) is 0 Å². The summed E-state index contributed by atoms with van der Waals surface area (Å²) < 4.78 is 5.96. The maximum Gasteiger partial charge on any atom is 0.266 e. The summed E-state index contributed by atoms with van der Waals surface area (Å²) in [6.07, 6.45) is 0. The van der Waals surface area contributed by atoms with Gasteiger partial charge in [0.15, 0.2) is 0 Å². The molecule has 0 radical (unpaired) electrons. The number of nitrogens with two attached hydrogens (primary N) is 1. The number of carbonyl (C=O) groups excluding carboxylic acids is 2. The van der Waals surface area contributed by atoms with Gasteiger partial charge in [-0.25, -0.2) is 0 Å². The first kappa shape index (κ1) is 25.6. The van der Waals surface area contributed by atoms with E-state index in [4.69, 9.17) is 10.5 Å². The third kappa shape index (κ3) is 5.64. The average Bonchev–Trinajstić information content (AvgIpc) is 2.90. The van der Waals surface area contributed by atoms with Crippen LogP contribution in [0.15, 0.2) is 54.6 Å². The Morgan fingerprint density at radius 3 is 2.47 bits per heavy atom. The van der Waals surface area contributed by atoms with E-state index in [1.54, 1.807) is 29.2 Å². The summed E-state index contributed by atoms with van der Waals surface area (Å²) in [4.78, 5) is 33.2. The number of aryl methyl sites for hydroxylation is 1. The number of hydrogen-bond acceptors (Lipinski definition) is 7. The molecular weight excluding hydrogens is 458 g/mol. The molecule has 36 heavy (non-hydrogen) atoms. The molecule has 1 atom stereocenters. The number of primary amides is 1. The summed E-state index contributed by atoms with van der Waals surface area (Å²) >= 11 is 0. The lowest BCUT2D eigenvalue weighted by atomic mass is 10.1. The van der Waals surface area contributed by atoms with Crippen LogP contribution in [-0.2, 0) is 11.4 Å². The molecule has 0 aliphatic carbocycles. The van der Waals surface area contributed by atoms with Crippen molar-refractivity contribution in [3.8, 4) is 5.75 Å². The van der Waals surface area contributed by atoms with Crippen LogP contribution in [0.3, 0.4) is 0 Å². The van der Waals surface area contributed by atoms with Crippen LogP contribution in [0, 0.1) is 6.92 Å². The number of fused-ring (bicyclic) bond motifs is 1. The fourth-order valence-electron chi connectivity index (χ4n) is 4.47. The minimum Gasteiger partial charge on any atom is -0.489 e. The smallest absolute Gasteiger partial charge is 0.266 e. The van der Waals surface area contributed by atoms with E-state index in [1.807, 2.05) is 37.3 Å². The number of amides is 2. The third-order valence-electron chi connectivity index (χ3n) is 6.67. The molecule has 0 saturated carbocycles. The van der Waals surface area contributed by atoms with Crippen molar-refractivity contribution in [3.63, 3.8) is 0 Å². The zero-order valence-corrected chi connectivity index (χ0v) is 20.7. The van der Waals surface area contributed by atoms with E-state index in [0.29, 0.717) is 31.0 Å². The van der Waals surface area contributed by atoms with E-state index in [1.165, 1.54) is 0 Å². The molecule has 9 heteroatoms. The van der Waals surface area contributed by atoms with Gasteiger partial charge in [0, 0.05) is 48.4 Å². The minimum absolute atomic E-state index is 0.292. The molecule has 1 aliphatic rings. The molecule has 9 nitrogen and oxygen atoms in total. The number of para-hydroxylation sites is 1. The van der Waals surface area contributed by atoms with Gasteiger partial charge >= 0.3 is 0 Å². The molecule has 2 heterocycles. The first-order valence-electron chi connectivity index (χ1n) is 12.2. The largest absolute Gasteiger partial charge is 0.489 e. The molecule has 3 aromatic rings. The van der Waals surface area contributed by atoms with E-state index in [0.717, 1.165) is 41.8 Å². The fourth-order valence-corrected chi connectivity index (χ4v) is 4.47. The van der Waals surface area contributed by atoms with Gasteiger partial charge in [0.25, 0.3) is 11.8 Å². The number of aliphatic hydroxyl groups is 1. The zero-order valence-electron chi connectivity index (χ0n) is 20.7. The normalized spacial score (nSPS) is 16.4. The maximum atomic E-state index is 12.7. The van der Waals surface area contributed by atoms with Gasteiger partial charge < -0.3 is 25.8 Å². The van der Waals surface area contributed by atoms with Crippen molar-refractivity contribution in [1.29, 1.82) is 0 Å². The first-order chi connectivity index (χ1) is 17.3. The predicted octanol–water partition coefficient (Wildman–Crippen LogP) is 1.66. The third-order valence-corrected chi connectivity index (χ3v) is 6.67. The van der Waals surface area contributed by atoms with Gasteiger partial charge in [-0.05, 0) is 49.9 Å². The van der Waals surface area contributed by atoms with E-state index < -0.39 is 17.5 Å². The number of benzene rings is 2. The lowest BCUT2D eigenvalue weighted by molar-refractivity contribution is -0.163. The molecule has 1 unspecified atom stereocenters. The standard InChI is InChI=1S/C27H33N5O4/c1-3-31-12-14-32(15-13-31)27(35,26(28)34)18-29-25(33)20-8-10-22(11-9-20)36-17-21-16-19(2)30-24-7-5-4-6-23(21)24/h4-11,16,35H,3,12-15,17-18H2,1-2H3,(H2,28,34)(H,29,33). The van der Waals surface area contributed by atoms with Crippen molar-refractivity contribution in [2.24, 2.45) is 5.73 Å². The van der Waals surface area contributed by atoms with Crippen molar-refractivity contribution in [2.75, 3.05) is 39.3 Å². The zero-order chi connectivity index (χ0) is 25.7. The number of pyridine rings is 1. The Morgan fingerprint density at radius 2 is 1.81 bits per heavy atom. The Balaban J connectivity index is 1.36. The molecule has 1 aromatic heterocycles. The Hall–Kier alpha value is -3.53. The van der Waals surface area contributed by atoms with Gasteiger partial charge in [-0.2, -0.15) is 0 Å². The Labute approximate surface area is 210 Å². The summed E-state index contributed by atoms with van der Waals surface area (Å²) in [5.41, 5.74) is 6.84. The number of piperazine rings is 1. The van der Waals surface area contributed by atoms with Gasteiger partial charge in [0.05, 0.1) is 12.1 Å². The quantitative estimate of drug-likeness (QED) is 0.416. The topological polar surface area (TPSA) is 121 Å². The van der Waals surface area contributed by atoms with E-state index in [-0.39, 0.29) is 6.54 Å². The molecule has 2 aromatic carbocycles. The minimum atomic E-state index is -1.94. The maximum absolute atomic E-state index is 12.7. The Kier molecular flexibility index (Phi) is 7.83. The molecule has 190 valence electrons. The second-order valence-electron chi connectivity index (χ2n) is 9.04. The molecule has 1 aliphatic heterocycles. The van der Waals surface area contributed by atoms with Crippen LogP contribution in [0.25, 0.3) is 10.9 Å². The van der Waals surface area contributed by atoms with Crippen molar-refractivity contribution < 1.29 is 19.4 Å². The SMILES string of the molecule is CCN1CCN(C(O)(CNC(=O)c2ccc(OCc3cc(C)nc4ccccc34)cc2)C(N)=O)CC1. The van der Waals surface area contributed by atoms with Crippen LogP contribution in [0.1, 0.15) is 28.5 Å². The van der Waals surface area contributed by atoms with Crippen molar-refractivity contribution in [2.45, 2.75) is 26.2 Å². The molecule has 4 N–H and O–H groups in total. The molecule has 0 bridgehead atoms. The highest BCUT2D eigenvalue weighted by molar-refractivity contribution is 5.95. The number of nitrogens with one attached hydrogen (secondary N) is 1. The number of rotatable bonds is 9. The van der Waals surface area contributed by atoms with Crippen LogP contribution in [0.2, 0.25) is 0 Å². The molecule has 4 rings (SSSR count). The van der Waals surface area contributed by atoms with Crippen LogP contribution in [-0.4, -0.2) is 76.7 Å². The number of hydrogen-bond donors (Lipinski definition) is 3. The first-order valence-corrected chi connectivity index (χ1v) is 12.2. The molecule has 1 fully saturated rings. The monoisotopic (exact) mass is 491 g/mol. The number of likely N-dealkylation sites (N-methyl/N-ethyl adjacent to an activating group) is 1. The van der Waals surface area contributed by atoms with Crippen molar-refractivity contribution in [1.82, 2.24) is 20.1 Å². The van der Waals surface area contributed by atoms with Crippen LogP contribution in [0.4, 0.5) is 0 Å². The van der Waals surface area contributed by atoms with E-state index in [2.05, 4.69) is 22.1 Å². The lowest BCUT2D eigenvalue weighted by Gasteiger charge is -2.42. The molecular formula is C27H33N5O4. The summed E-state index contributed by atoms with van der Waals surface area (Å²) in [5.74, 6) is -0.674. The second-order valence-corrected chi connectivity index (χ2v) is 9.04.